The molecule has 1 aromatic carbocycles. The highest BCUT2D eigenvalue weighted by atomic mass is 32.2. The third-order valence-electron chi connectivity index (χ3n) is 4.17. The molecule has 0 bridgehead atoms. The second kappa shape index (κ2) is 8.78. The van der Waals surface area contributed by atoms with Crippen molar-refractivity contribution in [1.82, 2.24) is 14.3 Å². The Kier molecular flexibility index (Phi) is 6.19. The first kappa shape index (κ1) is 19.7. The molecule has 0 atom stereocenters. The lowest BCUT2D eigenvalue weighted by Gasteiger charge is -2.22. The Morgan fingerprint density at radius 3 is 2.71 bits per heavy atom. The number of nitrogens with zero attached hydrogens (tertiary/aromatic N) is 4. The van der Waals surface area contributed by atoms with Crippen molar-refractivity contribution in [3.05, 3.63) is 60.6 Å². The number of nitriles is 1. The van der Waals surface area contributed by atoms with Crippen LogP contribution in [0.15, 0.2) is 59.9 Å². The summed E-state index contributed by atoms with van der Waals surface area (Å²) in [4.78, 5) is 8.49. The molecule has 7 nitrogen and oxygen atoms in total. The monoisotopic (exact) mass is 396 g/mol. The summed E-state index contributed by atoms with van der Waals surface area (Å²) < 4.78 is 33.8. The number of hydrogen-bond acceptors (Lipinski definition) is 6. The second-order valence-corrected chi connectivity index (χ2v) is 7.91. The standard InChI is InChI=1S/C20H20N4O3S/c1-2-27-18-8-9-19(17-7-4-12-23-20(17)18)28(25,26)24(13-5-10-21)15-16-6-3-11-22-14-16/h3-4,6-9,11-12,14H,2,5,13,15H2,1H3. The van der Waals surface area contributed by atoms with E-state index >= 15 is 0 Å². The van der Waals surface area contributed by atoms with Gasteiger partial charge in [-0.1, -0.05) is 6.07 Å². The van der Waals surface area contributed by atoms with Gasteiger partial charge < -0.3 is 4.74 Å². The van der Waals surface area contributed by atoms with Gasteiger partial charge in [0.1, 0.15) is 11.3 Å². The molecule has 3 aromatic rings. The molecular weight excluding hydrogens is 376 g/mol. The van der Waals surface area contributed by atoms with Crippen molar-refractivity contribution in [1.29, 1.82) is 5.26 Å². The Morgan fingerprint density at radius 2 is 2.00 bits per heavy atom. The van der Waals surface area contributed by atoms with Crippen LogP contribution in [0.1, 0.15) is 18.9 Å². The van der Waals surface area contributed by atoms with E-state index in [1.54, 1.807) is 48.9 Å². The third kappa shape index (κ3) is 4.11. The summed E-state index contributed by atoms with van der Waals surface area (Å²) in [6, 6.07) is 12.1. The number of benzene rings is 1. The summed E-state index contributed by atoms with van der Waals surface area (Å²) in [6.45, 7) is 2.53. The Bertz CT molecular complexity index is 1100. The van der Waals surface area contributed by atoms with Gasteiger partial charge in [-0.2, -0.15) is 9.57 Å². The Hall–Kier alpha value is -3.02. The maximum atomic E-state index is 13.5. The van der Waals surface area contributed by atoms with Crippen LogP contribution in [0.25, 0.3) is 10.9 Å². The van der Waals surface area contributed by atoms with E-state index in [0.29, 0.717) is 23.3 Å². The largest absolute Gasteiger partial charge is 0.492 e. The van der Waals surface area contributed by atoms with Gasteiger partial charge in [0.25, 0.3) is 0 Å². The maximum Gasteiger partial charge on any atom is 0.244 e. The predicted octanol–water partition coefficient (Wildman–Crippen LogP) is 3.13. The van der Waals surface area contributed by atoms with Gasteiger partial charge in [0, 0.05) is 43.5 Å². The smallest absolute Gasteiger partial charge is 0.244 e. The molecule has 0 N–H and O–H groups in total. The second-order valence-electron chi connectivity index (χ2n) is 6.00. The van der Waals surface area contributed by atoms with Gasteiger partial charge in [-0.25, -0.2) is 8.42 Å². The fourth-order valence-corrected chi connectivity index (χ4v) is 4.52. The van der Waals surface area contributed by atoms with Crippen LogP contribution in [-0.2, 0) is 16.6 Å². The number of sulfonamides is 1. The average molecular weight is 396 g/mol. The maximum absolute atomic E-state index is 13.5. The molecule has 2 heterocycles. The van der Waals surface area contributed by atoms with E-state index in [0.717, 1.165) is 5.56 Å². The van der Waals surface area contributed by atoms with Crippen molar-refractivity contribution in [2.24, 2.45) is 0 Å². The Morgan fingerprint density at radius 1 is 1.18 bits per heavy atom. The lowest BCUT2D eigenvalue weighted by molar-refractivity contribution is 0.343. The molecule has 0 amide bonds. The van der Waals surface area contributed by atoms with Gasteiger partial charge in [-0.05, 0) is 42.8 Å². The van der Waals surface area contributed by atoms with E-state index in [4.69, 9.17) is 10.00 Å². The molecule has 2 aromatic heterocycles. The molecule has 3 rings (SSSR count). The Labute approximate surface area is 164 Å². The number of pyridine rings is 2. The number of aromatic nitrogens is 2. The van der Waals surface area contributed by atoms with Crippen LogP contribution in [0.2, 0.25) is 0 Å². The summed E-state index contributed by atoms with van der Waals surface area (Å²) in [5, 5.41) is 9.46. The van der Waals surface area contributed by atoms with Gasteiger partial charge in [0.15, 0.2) is 0 Å². The molecule has 0 aliphatic carbocycles. The van der Waals surface area contributed by atoms with E-state index in [2.05, 4.69) is 9.97 Å². The number of ether oxygens (including phenoxy) is 1. The fraction of sp³-hybridized carbons (Fsp3) is 0.250. The molecule has 0 aliphatic heterocycles. The zero-order valence-electron chi connectivity index (χ0n) is 15.4. The molecule has 8 heteroatoms. The molecule has 0 spiro atoms. The number of rotatable bonds is 8. The molecule has 28 heavy (non-hydrogen) atoms. The summed E-state index contributed by atoms with van der Waals surface area (Å²) >= 11 is 0. The van der Waals surface area contributed by atoms with Gasteiger partial charge >= 0.3 is 0 Å². The molecule has 0 aliphatic rings. The van der Waals surface area contributed by atoms with Crippen molar-refractivity contribution < 1.29 is 13.2 Å². The minimum Gasteiger partial charge on any atom is -0.492 e. The molecule has 0 saturated heterocycles. The fourth-order valence-electron chi connectivity index (χ4n) is 2.91. The van der Waals surface area contributed by atoms with Crippen LogP contribution >= 0.6 is 0 Å². The van der Waals surface area contributed by atoms with Crippen molar-refractivity contribution in [2.75, 3.05) is 13.2 Å². The van der Waals surface area contributed by atoms with Crippen LogP contribution < -0.4 is 4.74 Å². The van der Waals surface area contributed by atoms with Crippen molar-refractivity contribution in [3.63, 3.8) is 0 Å². The van der Waals surface area contributed by atoms with Crippen LogP contribution in [-0.4, -0.2) is 35.8 Å². The molecular formula is C20H20N4O3S. The summed E-state index contributed by atoms with van der Waals surface area (Å²) in [5.41, 5.74) is 1.24. The lowest BCUT2D eigenvalue weighted by atomic mass is 10.2. The normalized spacial score (nSPS) is 11.5. The summed E-state index contributed by atoms with van der Waals surface area (Å²) in [5.74, 6) is 0.535. The first-order chi connectivity index (χ1) is 13.6. The molecule has 0 saturated carbocycles. The summed E-state index contributed by atoms with van der Waals surface area (Å²) in [6.07, 6.45) is 4.94. The predicted molar refractivity (Wildman–Crippen MR) is 105 cm³/mol. The number of hydrogen-bond donors (Lipinski definition) is 0. The van der Waals surface area contributed by atoms with E-state index in [-0.39, 0.29) is 24.4 Å². The van der Waals surface area contributed by atoms with Crippen LogP contribution in [0.3, 0.4) is 0 Å². The van der Waals surface area contributed by atoms with Crippen LogP contribution in [0.5, 0.6) is 5.75 Å². The van der Waals surface area contributed by atoms with Crippen LogP contribution in [0.4, 0.5) is 0 Å². The summed E-state index contributed by atoms with van der Waals surface area (Å²) in [7, 11) is -3.87. The molecule has 144 valence electrons. The highest BCUT2D eigenvalue weighted by molar-refractivity contribution is 7.89. The average Bonchev–Trinajstić information content (AvgIpc) is 2.72. The van der Waals surface area contributed by atoms with Crippen LogP contribution in [0, 0.1) is 11.3 Å². The van der Waals surface area contributed by atoms with Crippen molar-refractivity contribution in [2.45, 2.75) is 24.8 Å². The quantitative estimate of drug-likeness (QED) is 0.580. The first-order valence-corrected chi connectivity index (χ1v) is 10.3. The van der Waals surface area contributed by atoms with E-state index in [9.17, 15) is 8.42 Å². The molecule has 0 fully saturated rings. The third-order valence-corrected chi connectivity index (χ3v) is 6.07. The van der Waals surface area contributed by atoms with E-state index in [1.165, 1.54) is 10.4 Å². The van der Waals surface area contributed by atoms with Crippen molar-refractivity contribution >= 4 is 20.9 Å². The van der Waals surface area contributed by atoms with E-state index < -0.39 is 10.0 Å². The molecule has 0 unspecified atom stereocenters. The zero-order valence-corrected chi connectivity index (χ0v) is 16.3. The van der Waals surface area contributed by atoms with E-state index in [1.807, 2.05) is 13.0 Å². The van der Waals surface area contributed by atoms with Gasteiger partial charge in [-0.3, -0.25) is 9.97 Å². The van der Waals surface area contributed by atoms with Gasteiger partial charge in [0.2, 0.25) is 10.0 Å². The SMILES string of the molecule is CCOc1ccc(S(=O)(=O)N(CCC#N)Cc2cccnc2)c2cccnc12. The highest BCUT2D eigenvalue weighted by Gasteiger charge is 2.27. The minimum atomic E-state index is -3.87. The molecule has 0 radical (unpaired) electrons. The van der Waals surface area contributed by atoms with Gasteiger partial charge in [0.05, 0.1) is 17.6 Å². The first-order valence-electron chi connectivity index (χ1n) is 8.84. The number of fused-ring (bicyclic) bond motifs is 1. The Balaban J connectivity index is 2.08. The topological polar surface area (TPSA) is 96.2 Å². The lowest BCUT2D eigenvalue weighted by Crippen LogP contribution is -2.31. The highest BCUT2D eigenvalue weighted by Crippen LogP contribution is 2.31. The zero-order chi connectivity index (χ0) is 20.0. The van der Waals surface area contributed by atoms with Crippen molar-refractivity contribution in [3.8, 4) is 11.8 Å². The minimum absolute atomic E-state index is 0.0860. The van der Waals surface area contributed by atoms with Gasteiger partial charge in [-0.15, -0.1) is 0 Å².